The third-order valence-electron chi connectivity index (χ3n) is 4.04. The first-order valence-corrected chi connectivity index (χ1v) is 7.70. The third-order valence-corrected chi connectivity index (χ3v) is 4.25. The van der Waals surface area contributed by atoms with Gasteiger partial charge in [0.2, 0.25) is 0 Å². The Balaban J connectivity index is 2.29. The number of hydrogen-bond donors (Lipinski definition) is 1. The van der Waals surface area contributed by atoms with Crippen LogP contribution in [0.1, 0.15) is 24.1 Å². The fourth-order valence-corrected chi connectivity index (χ4v) is 2.72. The number of nitrogens with two attached hydrogens (primary N) is 1. The van der Waals surface area contributed by atoms with Crippen LogP contribution >= 0.6 is 11.6 Å². The smallest absolute Gasteiger partial charge is 0.160 e. The lowest BCUT2D eigenvalue weighted by molar-refractivity contribution is 0.575. The van der Waals surface area contributed by atoms with Crippen molar-refractivity contribution in [1.82, 2.24) is 14.5 Å². The predicted octanol–water partition coefficient (Wildman–Crippen LogP) is 3.89. The van der Waals surface area contributed by atoms with Crippen LogP contribution in [0, 0.1) is 13.8 Å². The Morgan fingerprint density at radius 3 is 2.68 bits per heavy atom. The fourth-order valence-electron chi connectivity index (χ4n) is 2.56. The second-order valence-corrected chi connectivity index (χ2v) is 6.12. The van der Waals surface area contributed by atoms with E-state index in [9.17, 15) is 0 Å². The van der Waals surface area contributed by atoms with Crippen molar-refractivity contribution in [3.8, 4) is 11.4 Å². The van der Waals surface area contributed by atoms with Gasteiger partial charge in [0.05, 0.1) is 5.02 Å². The highest BCUT2D eigenvalue weighted by molar-refractivity contribution is 6.31. The molecule has 0 radical (unpaired) electrons. The van der Waals surface area contributed by atoms with Crippen molar-refractivity contribution < 1.29 is 0 Å². The maximum absolute atomic E-state index is 6.05. The van der Waals surface area contributed by atoms with Crippen LogP contribution in [0.4, 0.5) is 0 Å². The summed E-state index contributed by atoms with van der Waals surface area (Å²) >= 11 is 6.05. The molecule has 0 saturated heterocycles. The molecule has 2 heterocycles. The zero-order chi connectivity index (χ0) is 15.9. The number of nitrogens with zero attached hydrogens (tertiary/aromatic N) is 3. The molecule has 114 valence electrons. The topological polar surface area (TPSA) is 56.7 Å². The minimum Gasteiger partial charge on any atom is -0.328 e. The second kappa shape index (κ2) is 5.71. The number of pyridine rings is 1. The van der Waals surface area contributed by atoms with E-state index in [4.69, 9.17) is 22.3 Å². The number of aromatic nitrogens is 3. The molecular formula is C17H19ClN4. The standard InChI is InChI=1S/C17H19ClN4/c1-10-4-5-13(6-11(10)2)16-21-15-7-14(18)9-20-17(15)22(16)12(3)8-19/h4-7,9,12H,8,19H2,1-3H3. The lowest BCUT2D eigenvalue weighted by Gasteiger charge is -2.15. The van der Waals surface area contributed by atoms with Gasteiger partial charge in [-0.1, -0.05) is 23.7 Å². The van der Waals surface area contributed by atoms with Gasteiger partial charge in [-0.3, -0.25) is 0 Å². The highest BCUT2D eigenvalue weighted by Gasteiger charge is 2.18. The summed E-state index contributed by atoms with van der Waals surface area (Å²) in [5.41, 5.74) is 11.1. The fraction of sp³-hybridized carbons (Fsp3) is 0.294. The van der Waals surface area contributed by atoms with Crippen molar-refractivity contribution in [1.29, 1.82) is 0 Å². The number of halogens is 1. The molecule has 1 atom stereocenters. The number of hydrogen-bond acceptors (Lipinski definition) is 3. The summed E-state index contributed by atoms with van der Waals surface area (Å²) in [4.78, 5) is 9.19. The van der Waals surface area contributed by atoms with Crippen LogP contribution < -0.4 is 5.73 Å². The van der Waals surface area contributed by atoms with Gasteiger partial charge >= 0.3 is 0 Å². The van der Waals surface area contributed by atoms with Gasteiger partial charge in [0, 0.05) is 24.3 Å². The van der Waals surface area contributed by atoms with Gasteiger partial charge in [-0.05, 0) is 44.0 Å². The molecular weight excluding hydrogens is 296 g/mol. The summed E-state index contributed by atoms with van der Waals surface area (Å²) in [6.07, 6.45) is 1.65. The average Bonchev–Trinajstić information content (AvgIpc) is 2.87. The molecule has 1 unspecified atom stereocenters. The largest absolute Gasteiger partial charge is 0.328 e. The van der Waals surface area contributed by atoms with E-state index in [-0.39, 0.29) is 6.04 Å². The van der Waals surface area contributed by atoms with E-state index in [2.05, 4.69) is 48.5 Å². The summed E-state index contributed by atoms with van der Waals surface area (Å²) in [5.74, 6) is 0.880. The van der Waals surface area contributed by atoms with Gasteiger partial charge in [-0.2, -0.15) is 0 Å². The Morgan fingerprint density at radius 2 is 2.00 bits per heavy atom. The van der Waals surface area contributed by atoms with E-state index in [1.54, 1.807) is 6.20 Å². The Hall–Kier alpha value is -1.91. The summed E-state index contributed by atoms with van der Waals surface area (Å²) in [7, 11) is 0. The maximum Gasteiger partial charge on any atom is 0.160 e. The molecule has 0 aliphatic heterocycles. The van der Waals surface area contributed by atoms with Crippen LogP contribution in [0.25, 0.3) is 22.6 Å². The molecule has 0 fully saturated rings. The zero-order valence-electron chi connectivity index (χ0n) is 13.0. The SMILES string of the molecule is Cc1ccc(-c2nc3cc(Cl)cnc3n2C(C)CN)cc1C. The van der Waals surface area contributed by atoms with E-state index in [1.807, 2.05) is 6.07 Å². The normalized spacial score (nSPS) is 12.8. The van der Waals surface area contributed by atoms with Crippen LogP contribution in [0.3, 0.4) is 0 Å². The number of fused-ring (bicyclic) bond motifs is 1. The Bertz CT molecular complexity index is 838. The van der Waals surface area contributed by atoms with Crippen LogP contribution in [0.5, 0.6) is 0 Å². The first-order valence-electron chi connectivity index (χ1n) is 7.32. The Morgan fingerprint density at radius 1 is 1.23 bits per heavy atom. The van der Waals surface area contributed by atoms with Crippen molar-refractivity contribution in [3.63, 3.8) is 0 Å². The molecule has 0 aliphatic carbocycles. The lowest BCUT2D eigenvalue weighted by atomic mass is 10.1. The van der Waals surface area contributed by atoms with Crippen molar-refractivity contribution in [2.45, 2.75) is 26.8 Å². The monoisotopic (exact) mass is 314 g/mol. The zero-order valence-corrected chi connectivity index (χ0v) is 13.7. The molecule has 2 N–H and O–H groups in total. The van der Waals surface area contributed by atoms with E-state index < -0.39 is 0 Å². The molecule has 0 amide bonds. The average molecular weight is 315 g/mol. The summed E-state index contributed by atoms with van der Waals surface area (Å²) < 4.78 is 2.09. The van der Waals surface area contributed by atoms with Crippen molar-refractivity contribution in [2.75, 3.05) is 6.54 Å². The van der Waals surface area contributed by atoms with Gasteiger partial charge in [0.25, 0.3) is 0 Å². The van der Waals surface area contributed by atoms with Gasteiger partial charge in [-0.15, -0.1) is 0 Å². The number of imidazole rings is 1. The van der Waals surface area contributed by atoms with Crippen LogP contribution in [-0.4, -0.2) is 21.1 Å². The van der Waals surface area contributed by atoms with Gasteiger partial charge in [0.1, 0.15) is 11.3 Å². The summed E-state index contributed by atoms with van der Waals surface area (Å²) in [6, 6.07) is 8.30. The van der Waals surface area contributed by atoms with E-state index in [0.29, 0.717) is 11.6 Å². The molecule has 0 aliphatic rings. The third kappa shape index (κ3) is 2.49. The highest BCUT2D eigenvalue weighted by Crippen LogP contribution is 2.29. The molecule has 4 nitrogen and oxygen atoms in total. The van der Waals surface area contributed by atoms with Crippen molar-refractivity contribution >= 4 is 22.8 Å². The summed E-state index contributed by atoms with van der Waals surface area (Å²) in [6.45, 7) is 6.80. The van der Waals surface area contributed by atoms with Gasteiger partial charge in [0.15, 0.2) is 5.65 Å². The molecule has 1 aromatic carbocycles. The first kappa shape index (κ1) is 15.0. The number of rotatable bonds is 3. The van der Waals surface area contributed by atoms with E-state index in [0.717, 1.165) is 22.6 Å². The lowest BCUT2D eigenvalue weighted by Crippen LogP contribution is -2.17. The van der Waals surface area contributed by atoms with Gasteiger partial charge < -0.3 is 10.3 Å². The van der Waals surface area contributed by atoms with Crippen LogP contribution in [-0.2, 0) is 0 Å². The second-order valence-electron chi connectivity index (χ2n) is 5.69. The van der Waals surface area contributed by atoms with Crippen molar-refractivity contribution in [2.24, 2.45) is 5.73 Å². The minimum absolute atomic E-state index is 0.107. The Kier molecular flexibility index (Phi) is 3.89. The maximum atomic E-state index is 6.05. The quantitative estimate of drug-likeness (QED) is 0.798. The molecule has 0 bridgehead atoms. The number of benzene rings is 1. The first-order chi connectivity index (χ1) is 10.5. The molecule has 3 aromatic rings. The summed E-state index contributed by atoms with van der Waals surface area (Å²) in [5, 5.41) is 0.587. The Labute approximate surface area is 134 Å². The molecule has 22 heavy (non-hydrogen) atoms. The molecule has 5 heteroatoms. The highest BCUT2D eigenvalue weighted by atomic mass is 35.5. The molecule has 0 saturated carbocycles. The molecule has 0 spiro atoms. The van der Waals surface area contributed by atoms with Crippen LogP contribution in [0.15, 0.2) is 30.5 Å². The molecule has 2 aromatic heterocycles. The van der Waals surface area contributed by atoms with Crippen molar-refractivity contribution in [3.05, 3.63) is 46.6 Å². The predicted molar refractivity (Wildman–Crippen MR) is 91.2 cm³/mol. The minimum atomic E-state index is 0.107. The van der Waals surface area contributed by atoms with E-state index in [1.165, 1.54) is 11.1 Å². The molecule has 3 rings (SSSR count). The number of aryl methyl sites for hydroxylation is 2. The van der Waals surface area contributed by atoms with E-state index >= 15 is 0 Å². The van der Waals surface area contributed by atoms with Crippen LogP contribution in [0.2, 0.25) is 5.02 Å². The van der Waals surface area contributed by atoms with Gasteiger partial charge in [-0.25, -0.2) is 9.97 Å².